The van der Waals surface area contributed by atoms with Gasteiger partial charge in [0.1, 0.15) is 5.75 Å². The number of hydrogen-bond donors (Lipinski definition) is 2. The zero-order valence-corrected chi connectivity index (χ0v) is 11.6. The Morgan fingerprint density at radius 2 is 2.00 bits per heavy atom. The van der Waals surface area contributed by atoms with Gasteiger partial charge < -0.3 is 15.8 Å². The molecule has 0 unspecified atom stereocenters. The highest BCUT2D eigenvalue weighted by Gasteiger charge is 2.06. The van der Waals surface area contributed by atoms with Crippen molar-refractivity contribution in [3.63, 3.8) is 0 Å². The molecule has 0 atom stereocenters. The lowest BCUT2D eigenvalue weighted by molar-refractivity contribution is -0.118. The first-order chi connectivity index (χ1) is 10.1. The number of carbonyl (C=O) groups is 1. The fourth-order valence-corrected chi connectivity index (χ4v) is 1.73. The maximum absolute atomic E-state index is 11.8. The van der Waals surface area contributed by atoms with Crippen LogP contribution in [-0.4, -0.2) is 12.5 Å². The summed E-state index contributed by atoms with van der Waals surface area (Å²) in [5, 5.41) is 11.6. The fourth-order valence-electron chi connectivity index (χ4n) is 1.73. The van der Waals surface area contributed by atoms with E-state index in [0.29, 0.717) is 22.7 Å². The van der Waals surface area contributed by atoms with Gasteiger partial charge in [0.05, 0.1) is 11.6 Å². The zero-order valence-electron chi connectivity index (χ0n) is 11.6. The van der Waals surface area contributed by atoms with Crippen molar-refractivity contribution in [2.75, 3.05) is 17.7 Å². The normalized spacial score (nSPS) is 9.71. The Morgan fingerprint density at radius 1 is 1.29 bits per heavy atom. The second-order valence-electron chi connectivity index (χ2n) is 4.55. The van der Waals surface area contributed by atoms with Crippen molar-refractivity contribution in [1.82, 2.24) is 0 Å². The van der Waals surface area contributed by atoms with E-state index in [-0.39, 0.29) is 12.5 Å². The maximum atomic E-state index is 11.8. The van der Waals surface area contributed by atoms with Gasteiger partial charge in [-0.25, -0.2) is 0 Å². The molecule has 0 heterocycles. The van der Waals surface area contributed by atoms with Crippen molar-refractivity contribution in [2.24, 2.45) is 0 Å². The minimum atomic E-state index is -0.276. The lowest BCUT2D eigenvalue weighted by Gasteiger charge is -2.10. The van der Waals surface area contributed by atoms with Crippen molar-refractivity contribution in [2.45, 2.75) is 6.92 Å². The molecule has 106 valence electrons. The number of nitrogens with one attached hydrogen (secondary N) is 1. The van der Waals surface area contributed by atoms with Gasteiger partial charge in [0.2, 0.25) is 0 Å². The topological polar surface area (TPSA) is 88.1 Å². The van der Waals surface area contributed by atoms with Crippen LogP contribution in [0.1, 0.15) is 11.1 Å². The predicted molar refractivity (Wildman–Crippen MR) is 80.9 cm³/mol. The number of aryl methyl sites for hydroxylation is 1. The lowest BCUT2D eigenvalue weighted by atomic mass is 10.1. The summed E-state index contributed by atoms with van der Waals surface area (Å²) in [6.45, 7) is 1.73. The average molecular weight is 281 g/mol. The second-order valence-corrected chi connectivity index (χ2v) is 4.55. The standard InChI is InChI=1S/C16H15N3O2/c1-11-2-3-12(9-17)8-15(11)21-10-16(20)19-14-6-4-13(18)5-7-14/h2-8H,10,18H2,1H3,(H,19,20). The molecule has 0 aliphatic rings. The molecule has 3 N–H and O–H groups in total. The Hall–Kier alpha value is -3.00. The third kappa shape index (κ3) is 3.98. The SMILES string of the molecule is Cc1ccc(C#N)cc1OCC(=O)Nc1ccc(N)cc1. The molecule has 1 amide bonds. The van der Waals surface area contributed by atoms with E-state index in [1.165, 1.54) is 0 Å². The Labute approximate surface area is 123 Å². The molecule has 5 heteroatoms. The van der Waals surface area contributed by atoms with E-state index in [1.54, 1.807) is 42.5 Å². The summed E-state index contributed by atoms with van der Waals surface area (Å²) >= 11 is 0. The third-order valence-electron chi connectivity index (χ3n) is 2.87. The molecule has 0 aliphatic heterocycles. The largest absolute Gasteiger partial charge is 0.483 e. The van der Waals surface area contributed by atoms with Gasteiger partial charge in [-0.1, -0.05) is 6.07 Å². The van der Waals surface area contributed by atoms with Crippen LogP contribution in [0.4, 0.5) is 11.4 Å². The molecule has 0 saturated carbocycles. The van der Waals surface area contributed by atoms with Crippen LogP contribution in [0.3, 0.4) is 0 Å². The molecular formula is C16H15N3O2. The smallest absolute Gasteiger partial charge is 0.262 e. The number of carbonyl (C=O) groups excluding carboxylic acids is 1. The molecule has 21 heavy (non-hydrogen) atoms. The number of benzene rings is 2. The summed E-state index contributed by atoms with van der Waals surface area (Å²) in [5.74, 6) is 0.253. The molecule has 2 rings (SSSR count). The van der Waals surface area contributed by atoms with Crippen LogP contribution in [0.15, 0.2) is 42.5 Å². The van der Waals surface area contributed by atoms with Gasteiger partial charge in [0.15, 0.2) is 6.61 Å². The molecule has 0 aliphatic carbocycles. The molecular weight excluding hydrogens is 266 g/mol. The zero-order chi connectivity index (χ0) is 15.2. The van der Waals surface area contributed by atoms with Gasteiger partial charge in [-0.3, -0.25) is 4.79 Å². The summed E-state index contributed by atoms with van der Waals surface area (Å²) < 4.78 is 5.45. The minimum absolute atomic E-state index is 0.125. The van der Waals surface area contributed by atoms with E-state index < -0.39 is 0 Å². The van der Waals surface area contributed by atoms with Crippen LogP contribution in [-0.2, 0) is 4.79 Å². The first-order valence-corrected chi connectivity index (χ1v) is 6.37. The molecule has 0 fully saturated rings. The average Bonchev–Trinajstić information content (AvgIpc) is 2.49. The van der Waals surface area contributed by atoms with Gasteiger partial charge >= 0.3 is 0 Å². The summed E-state index contributed by atoms with van der Waals surface area (Å²) in [7, 11) is 0. The highest BCUT2D eigenvalue weighted by atomic mass is 16.5. The van der Waals surface area contributed by atoms with Crippen molar-refractivity contribution >= 4 is 17.3 Å². The Kier molecular flexibility index (Phi) is 4.42. The highest BCUT2D eigenvalue weighted by Crippen LogP contribution is 2.19. The molecule has 5 nitrogen and oxygen atoms in total. The number of rotatable bonds is 4. The van der Waals surface area contributed by atoms with Crippen LogP contribution in [0.25, 0.3) is 0 Å². The number of nitrogens with two attached hydrogens (primary N) is 1. The van der Waals surface area contributed by atoms with E-state index in [2.05, 4.69) is 5.32 Å². The van der Waals surface area contributed by atoms with Gasteiger partial charge in [0.25, 0.3) is 5.91 Å². The molecule has 0 spiro atoms. The van der Waals surface area contributed by atoms with Crippen molar-refractivity contribution in [3.05, 3.63) is 53.6 Å². The van der Waals surface area contributed by atoms with Crippen LogP contribution >= 0.6 is 0 Å². The van der Waals surface area contributed by atoms with Crippen molar-refractivity contribution in [1.29, 1.82) is 5.26 Å². The number of anilines is 2. The molecule has 0 saturated heterocycles. The summed E-state index contributed by atoms with van der Waals surface area (Å²) in [4.78, 5) is 11.8. The number of nitrogen functional groups attached to an aromatic ring is 1. The first kappa shape index (κ1) is 14.4. The number of nitriles is 1. The second kappa shape index (κ2) is 6.44. The van der Waals surface area contributed by atoms with Crippen molar-refractivity contribution < 1.29 is 9.53 Å². The quantitative estimate of drug-likeness (QED) is 0.843. The predicted octanol–water partition coefficient (Wildman–Crippen LogP) is 2.47. The van der Waals surface area contributed by atoms with Gasteiger partial charge in [0, 0.05) is 11.4 Å². The van der Waals surface area contributed by atoms with E-state index in [1.807, 2.05) is 13.0 Å². The summed E-state index contributed by atoms with van der Waals surface area (Å²) in [5.41, 5.74) is 8.22. The summed E-state index contributed by atoms with van der Waals surface area (Å²) in [6, 6.07) is 14.0. The van der Waals surface area contributed by atoms with E-state index >= 15 is 0 Å². The molecule has 0 aromatic heterocycles. The van der Waals surface area contributed by atoms with Crippen LogP contribution in [0, 0.1) is 18.3 Å². The number of amides is 1. The monoisotopic (exact) mass is 281 g/mol. The highest BCUT2D eigenvalue weighted by molar-refractivity contribution is 5.92. The van der Waals surface area contributed by atoms with E-state index in [9.17, 15) is 4.79 Å². The van der Waals surface area contributed by atoms with Crippen molar-refractivity contribution in [3.8, 4) is 11.8 Å². The first-order valence-electron chi connectivity index (χ1n) is 6.37. The number of nitrogens with zero attached hydrogens (tertiary/aromatic N) is 1. The van der Waals surface area contributed by atoms with Gasteiger partial charge in [-0.2, -0.15) is 5.26 Å². The molecule has 0 radical (unpaired) electrons. The van der Waals surface area contributed by atoms with Crippen LogP contribution in [0.5, 0.6) is 5.75 Å². The third-order valence-corrected chi connectivity index (χ3v) is 2.87. The maximum Gasteiger partial charge on any atom is 0.262 e. The summed E-state index contributed by atoms with van der Waals surface area (Å²) in [6.07, 6.45) is 0. The Balaban J connectivity index is 1.95. The van der Waals surface area contributed by atoms with E-state index in [0.717, 1.165) is 5.56 Å². The molecule has 0 bridgehead atoms. The molecule has 2 aromatic carbocycles. The van der Waals surface area contributed by atoms with E-state index in [4.69, 9.17) is 15.7 Å². The Morgan fingerprint density at radius 3 is 2.67 bits per heavy atom. The molecule has 2 aromatic rings. The van der Waals surface area contributed by atoms with Gasteiger partial charge in [-0.05, 0) is 48.9 Å². The van der Waals surface area contributed by atoms with Gasteiger partial charge in [-0.15, -0.1) is 0 Å². The van der Waals surface area contributed by atoms with Crippen LogP contribution in [0.2, 0.25) is 0 Å². The number of ether oxygens (including phenoxy) is 1. The Bertz CT molecular complexity index is 688. The number of hydrogen-bond acceptors (Lipinski definition) is 4. The lowest BCUT2D eigenvalue weighted by Crippen LogP contribution is -2.20. The minimum Gasteiger partial charge on any atom is -0.483 e. The fraction of sp³-hybridized carbons (Fsp3) is 0.125. The van der Waals surface area contributed by atoms with Crippen LogP contribution < -0.4 is 15.8 Å².